The molecule has 1 fully saturated rings. The van der Waals surface area contributed by atoms with Gasteiger partial charge in [0.2, 0.25) is 11.8 Å². The van der Waals surface area contributed by atoms with Gasteiger partial charge in [-0.1, -0.05) is 13.3 Å². The molecule has 0 aromatic carbocycles. The Hall–Kier alpha value is -1.10. The fraction of sp³-hybridized carbons (Fsp3) is 0.800. The second-order valence-electron chi connectivity index (χ2n) is 3.85. The van der Waals surface area contributed by atoms with Crippen LogP contribution in [0.1, 0.15) is 32.6 Å². The van der Waals surface area contributed by atoms with Crippen molar-refractivity contribution in [2.75, 3.05) is 6.54 Å². The van der Waals surface area contributed by atoms with Crippen LogP contribution in [0.5, 0.6) is 0 Å². The summed E-state index contributed by atoms with van der Waals surface area (Å²) in [6.07, 6.45) is 2.04. The third kappa shape index (κ3) is 3.87. The van der Waals surface area contributed by atoms with Crippen molar-refractivity contribution in [1.29, 1.82) is 0 Å². The van der Waals surface area contributed by atoms with E-state index < -0.39 is 12.1 Å². The van der Waals surface area contributed by atoms with Crippen LogP contribution in [0.3, 0.4) is 0 Å². The minimum Gasteiger partial charge on any atom is -0.391 e. The average molecular weight is 214 g/mol. The number of nitrogens with one attached hydrogen (secondary N) is 2. The van der Waals surface area contributed by atoms with Crippen LogP contribution in [0.25, 0.3) is 0 Å². The first kappa shape index (κ1) is 12.0. The molecule has 2 amide bonds. The second-order valence-corrected chi connectivity index (χ2v) is 3.85. The fourth-order valence-corrected chi connectivity index (χ4v) is 1.59. The summed E-state index contributed by atoms with van der Waals surface area (Å²) in [4.78, 5) is 22.3. The van der Waals surface area contributed by atoms with Crippen LogP contribution in [0.15, 0.2) is 0 Å². The maximum atomic E-state index is 11.5. The van der Waals surface area contributed by atoms with E-state index in [1.165, 1.54) is 0 Å². The largest absolute Gasteiger partial charge is 0.391 e. The van der Waals surface area contributed by atoms with E-state index >= 15 is 0 Å². The molecule has 1 heterocycles. The summed E-state index contributed by atoms with van der Waals surface area (Å²) in [6, 6.07) is -0.411. The monoisotopic (exact) mass is 214 g/mol. The van der Waals surface area contributed by atoms with Gasteiger partial charge in [-0.25, -0.2) is 0 Å². The highest BCUT2D eigenvalue weighted by Crippen LogP contribution is 2.06. The molecule has 15 heavy (non-hydrogen) atoms. The minimum absolute atomic E-state index is 0.0794. The molecule has 1 aliphatic heterocycles. The average Bonchev–Trinajstić information content (AvgIpc) is 2.62. The van der Waals surface area contributed by atoms with Crippen molar-refractivity contribution >= 4 is 11.8 Å². The summed E-state index contributed by atoms with van der Waals surface area (Å²) < 4.78 is 0. The number of aliphatic hydroxyl groups excluding tert-OH is 1. The summed E-state index contributed by atoms with van der Waals surface area (Å²) >= 11 is 0. The number of amides is 2. The van der Waals surface area contributed by atoms with Crippen LogP contribution in [0.2, 0.25) is 0 Å². The Bertz CT molecular complexity index is 243. The maximum Gasteiger partial charge on any atom is 0.242 e. The molecular weight excluding hydrogens is 196 g/mol. The molecular formula is C10H18N2O3. The number of hydrogen-bond acceptors (Lipinski definition) is 3. The van der Waals surface area contributed by atoms with Crippen molar-refractivity contribution < 1.29 is 14.7 Å². The molecule has 0 aromatic rings. The smallest absolute Gasteiger partial charge is 0.242 e. The second kappa shape index (κ2) is 5.70. The summed E-state index contributed by atoms with van der Waals surface area (Å²) in [5, 5.41) is 14.6. The molecule has 0 spiro atoms. The van der Waals surface area contributed by atoms with Crippen molar-refractivity contribution in [2.24, 2.45) is 0 Å². The van der Waals surface area contributed by atoms with E-state index in [1.54, 1.807) is 0 Å². The topological polar surface area (TPSA) is 78.4 Å². The zero-order valence-corrected chi connectivity index (χ0v) is 8.95. The van der Waals surface area contributed by atoms with Gasteiger partial charge in [0.25, 0.3) is 0 Å². The van der Waals surface area contributed by atoms with Gasteiger partial charge in [0.05, 0.1) is 6.10 Å². The lowest BCUT2D eigenvalue weighted by Crippen LogP contribution is -2.44. The molecule has 0 saturated carbocycles. The van der Waals surface area contributed by atoms with Gasteiger partial charge in [0.1, 0.15) is 6.04 Å². The predicted molar refractivity (Wildman–Crippen MR) is 55.1 cm³/mol. The highest BCUT2D eigenvalue weighted by atomic mass is 16.3. The molecule has 0 radical (unpaired) electrons. The van der Waals surface area contributed by atoms with Crippen molar-refractivity contribution in [1.82, 2.24) is 10.6 Å². The van der Waals surface area contributed by atoms with Gasteiger partial charge in [-0.15, -0.1) is 0 Å². The molecule has 1 saturated heterocycles. The molecule has 2 atom stereocenters. The molecule has 1 unspecified atom stereocenters. The Morgan fingerprint density at radius 1 is 1.73 bits per heavy atom. The highest BCUT2D eigenvalue weighted by molar-refractivity contribution is 5.90. The van der Waals surface area contributed by atoms with Crippen LogP contribution in [-0.4, -0.2) is 35.6 Å². The van der Waals surface area contributed by atoms with Gasteiger partial charge >= 0.3 is 0 Å². The Labute approximate surface area is 89.2 Å². The minimum atomic E-state index is -0.490. The molecule has 0 bridgehead atoms. The first-order valence-corrected chi connectivity index (χ1v) is 5.38. The zero-order chi connectivity index (χ0) is 11.3. The molecule has 1 aliphatic rings. The van der Waals surface area contributed by atoms with Gasteiger partial charge in [0, 0.05) is 13.0 Å². The molecule has 86 valence electrons. The van der Waals surface area contributed by atoms with Crippen molar-refractivity contribution in [3.8, 4) is 0 Å². The zero-order valence-electron chi connectivity index (χ0n) is 8.95. The summed E-state index contributed by atoms with van der Waals surface area (Å²) in [5.41, 5.74) is 0. The van der Waals surface area contributed by atoms with E-state index in [9.17, 15) is 14.7 Å². The van der Waals surface area contributed by atoms with Crippen molar-refractivity contribution in [3.05, 3.63) is 0 Å². The number of carbonyl (C=O) groups is 2. The van der Waals surface area contributed by atoms with Crippen LogP contribution in [0, 0.1) is 0 Å². The Morgan fingerprint density at radius 2 is 2.47 bits per heavy atom. The predicted octanol–water partition coefficient (Wildman–Crippen LogP) is -0.458. The third-order valence-corrected chi connectivity index (χ3v) is 2.45. The molecule has 0 aromatic heterocycles. The van der Waals surface area contributed by atoms with Crippen molar-refractivity contribution in [3.63, 3.8) is 0 Å². The standard InChI is InChI=1S/C10H18N2O3/c1-2-3-7(13)6-11-10(15)8-4-5-9(14)12-8/h7-8,13H,2-6H2,1H3,(H,11,15)(H,12,14)/t7?,8-/m0/s1. The van der Waals surface area contributed by atoms with Gasteiger partial charge < -0.3 is 15.7 Å². The lowest BCUT2D eigenvalue weighted by molar-refractivity contribution is -0.126. The summed E-state index contributed by atoms with van der Waals surface area (Å²) in [6.45, 7) is 2.24. The van der Waals surface area contributed by atoms with Crippen molar-refractivity contribution in [2.45, 2.75) is 44.8 Å². The molecule has 5 heteroatoms. The van der Waals surface area contributed by atoms with Crippen LogP contribution in [0.4, 0.5) is 0 Å². The third-order valence-electron chi connectivity index (χ3n) is 2.45. The SMILES string of the molecule is CCCC(O)CNC(=O)[C@@H]1CCC(=O)N1. The molecule has 5 nitrogen and oxygen atoms in total. The van der Waals surface area contributed by atoms with E-state index in [2.05, 4.69) is 10.6 Å². The van der Waals surface area contributed by atoms with E-state index in [4.69, 9.17) is 0 Å². The van der Waals surface area contributed by atoms with E-state index in [1.807, 2.05) is 6.92 Å². The molecule has 1 rings (SSSR count). The summed E-state index contributed by atoms with van der Waals surface area (Å²) in [7, 11) is 0. The molecule has 3 N–H and O–H groups in total. The van der Waals surface area contributed by atoms with Gasteiger partial charge in [0.15, 0.2) is 0 Å². The van der Waals surface area contributed by atoms with E-state index in [-0.39, 0.29) is 18.4 Å². The highest BCUT2D eigenvalue weighted by Gasteiger charge is 2.26. The first-order valence-electron chi connectivity index (χ1n) is 5.38. The summed E-state index contributed by atoms with van der Waals surface area (Å²) in [5.74, 6) is -0.278. The number of aliphatic hydroxyl groups is 1. The van der Waals surface area contributed by atoms with Crippen LogP contribution in [-0.2, 0) is 9.59 Å². The Morgan fingerprint density at radius 3 is 3.00 bits per heavy atom. The lowest BCUT2D eigenvalue weighted by Gasteiger charge is -2.13. The quantitative estimate of drug-likeness (QED) is 0.579. The number of rotatable bonds is 5. The number of hydrogen-bond donors (Lipinski definition) is 3. The fourth-order valence-electron chi connectivity index (χ4n) is 1.59. The van der Waals surface area contributed by atoms with Gasteiger partial charge in [-0.3, -0.25) is 9.59 Å². The van der Waals surface area contributed by atoms with Gasteiger partial charge in [-0.2, -0.15) is 0 Å². The Kier molecular flexibility index (Phi) is 4.55. The van der Waals surface area contributed by atoms with Crippen LogP contribution < -0.4 is 10.6 Å². The maximum absolute atomic E-state index is 11.5. The van der Waals surface area contributed by atoms with E-state index in [0.717, 1.165) is 6.42 Å². The van der Waals surface area contributed by atoms with E-state index in [0.29, 0.717) is 19.3 Å². The normalized spacial score (nSPS) is 22.3. The Balaban J connectivity index is 2.21. The first-order chi connectivity index (χ1) is 7.13. The number of carbonyl (C=O) groups excluding carboxylic acids is 2. The lowest BCUT2D eigenvalue weighted by atomic mass is 10.2. The van der Waals surface area contributed by atoms with Gasteiger partial charge in [-0.05, 0) is 12.8 Å². The van der Waals surface area contributed by atoms with Crippen LogP contribution >= 0.6 is 0 Å². The molecule has 0 aliphatic carbocycles.